The average Bonchev–Trinajstić information content (AvgIpc) is 2.75. The van der Waals surface area contributed by atoms with E-state index in [2.05, 4.69) is 15.8 Å². The van der Waals surface area contributed by atoms with Crippen LogP contribution >= 0.6 is 11.6 Å². The lowest BCUT2D eigenvalue weighted by Gasteiger charge is -2.19. The van der Waals surface area contributed by atoms with E-state index in [9.17, 15) is 8.42 Å². The summed E-state index contributed by atoms with van der Waals surface area (Å²) in [7, 11) is -3.69. The smallest absolute Gasteiger partial charge is 0.260 e. The third-order valence-electron chi connectivity index (χ3n) is 3.29. The number of fused-ring (bicyclic) bond motifs is 1. The molecular weight excluding hydrogens is 298 g/mol. The number of hydrogen-bond donors (Lipinski definition) is 1. The summed E-state index contributed by atoms with van der Waals surface area (Å²) in [4.78, 5) is 4.07. The molecule has 0 bridgehead atoms. The van der Waals surface area contributed by atoms with Gasteiger partial charge in [0.25, 0.3) is 10.0 Å². The fourth-order valence-corrected chi connectivity index (χ4v) is 4.29. The van der Waals surface area contributed by atoms with Crippen LogP contribution in [-0.4, -0.2) is 23.8 Å². The van der Waals surface area contributed by atoms with Crippen molar-refractivity contribution >= 4 is 27.3 Å². The molecule has 106 valence electrons. The van der Waals surface area contributed by atoms with Crippen LogP contribution in [0.15, 0.2) is 41.6 Å². The number of nitrogens with one attached hydrogen (secondary N) is 1. The Morgan fingerprint density at radius 3 is 2.95 bits per heavy atom. The molecular formula is C13H14ClN3O2S. The minimum atomic E-state index is -3.69. The highest BCUT2D eigenvalue weighted by Gasteiger charge is 2.27. The number of aromatic nitrogens is 2. The molecule has 0 fully saturated rings. The van der Waals surface area contributed by atoms with Gasteiger partial charge in [0.05, 0.1) is 0 Å². The minimum Gasteiger partial charge on any atom is -0.288 e. The van der Waals surface area contributed by atoms with Crippen LogP contribution in [-0.2, 0) is 10.0 Å². The molecule has 0 aliphatic heterocycles. The maximum absolute atomic E-state index is 12.5. The maximum atomic E-state index is 12.5. The molecule has 2 aromatic heterocycles. The normalized spacial score (nSPS) is 19.6. The Morgan fingerprint density at radius 2 is 2.20 bits per heavy atom. The van der Waals surface area contributed by atoms with Crippen molar-refractivity contribution in [3.63, 3.8) is 0 Å². The van der Waals surface area contributed by atoms with Crippen LogP contribution in [0.1, 0.15) is 19.3 Å². The zero-order valence-corrected chi connectivity index (χ0v) is 12.2. The minimum absolute atomic E-state index is 0.00400. The van der Waals surface area contributed by atoms with Crippen molar-refractivity contribution in [2.45, 2.75) is 30.3 Å². The molecule has 2 heterocycles. The second-order valence-electron chi connectivity index (χ2n) is 4.74. The number of hydrogen-bond acceptors (Lipinski definition) is 3. The van der Waals surface area contributed by atoms with Crippen molar-refractivity contribution in [2.75, 3.05) is 0 Å². The summed E-state index contributed by atoms with van der Waals surface area (Å²) < 4.78 is 29.2. The lowest BCUT2D eigenvalue weighted by Crippen LogP contribution is -2.36. The summed E-state index contributed by atoms with van der Waals surface area (Å²) in [5.41, 5.74) is 0.515. The lowest BCUT2D eigenvalue weighted by molar-refractivity contribution is 0.519. The first-order valence-corrected chi connectivity index (χ1v) is 8.24. The third-order valence-corrected chi connectivity index (χ3v) is 5.21. The third kappa shape index (κ3) is 2.46. The summed E-state index contributed by atoms with van der Waals surface area (Å²) in [5.74, 6) is 0. The molecule has 1 unspecified atom stereocenters. The van der Waals surface area contributed by atoms with E-state index in [1.54, 1.807) is 24.4 Å². The first-order chi connectivity index (χ1) is 9.58. The first-order valence-electron chi connectivity index (χ1n) is 6.38. The van der Waals surface area contributed by atoms with Gasteiger partial charge in [0.2, 0.25) is 0 Å². The summed E-state index contributed by atoms with van der Waals surface area (Å²) in [6, 6.07) is 5.16. The molecule has 1 aliphatic rings. The van der Waals surface area contributed by atoms with E-state index < -0.39 is 10.0 Å². The predicted octanol–water partition coefficient (Wildman–Crippen LogP) is 2.37. The van der Waals surface area contributed by atoms with Crippen molar-refractivity contribution in [1.82, 2.24) is 14.1 Å². The van der Waals surface area contributed by atoms with Crippen LogP contribution in [0, 0.1) is 0 Å². The van der Waals surface area contributed by atoms with E-state index in [1.165, 1.54) is 4.40 Å². The summed E-state index contributed by atoms with van der Waals surface area (Å²) in [6.07, 6.45) is 8.08. The van der Waals surface area contributed by atoms with Gasteiger partial charge in [-0.15, -0.1) is 0 Å². The number of pyridine rings is 1. The Morgan fingerprint density at radius 1 is 1.35 bits per heavy atom. The molecule has 0 saturated heterocycles. The SMILES string of the molecule is O=S(=O)(NC1CC=CCC1)c1c(Cl)nc2ccccn12. The number of nitrogens with zero attached hydrogens (tertiary/aromatic N) is 2. The Labute approximate surface area is 122 Å². The Bertz CT molecular complexity index is 767. The van der Waals surface area contributed by atoms with Crippen molar-refractivity contribution in [3.05, 3.63) is 41.7 Å². The molecule has 1 N–H and O–H groups in total. The van der Waals surface area contributed by atoms with Gasteiger partial charge in [-0.05, 0) is 31.4 Å². The van der Waals surface area contributed by atoms with E-state index >= 15 is 0 Å². The Kier molecular flexibility index (Phi) is 3.54. The van der Waals surface area contributed by atoms with Gasteiger partial charge in [-0.1, -0.05) is 29.8 Å². The molecule has 1 aliphatic carbocycles. The van der Waals surface area contributed by atoms with Gasteiger partial charge in [-0.3, -0.25) is 4.40 Å². The molecule has 1 atom stereocenters. The van der Waals surface area contributed by atoms with E-state index in [0.717, 1.165) is 12.8 Å². The zero-order chi connectivity index (χ0) is 14.2. The Balaban J connectivity index is 2.00. The Hall–Kier alpha value is -1.37. The van der Waals surface area contributed by atoms with Crippen LogP contribution in [0.2, 0.25) is 5.15 Å². The van der Waals surface area contributed by atoms with Crippen molar-refractivity contribution < 1.29 is 8.42 Å². The van der Waals surface area contributed by atoms with Crippen molar-refractivity contribution in [2.24, 2.45) is 0 Å². The van der Waals surface area contributed by atoms with Crippen LogP contribution in [0.5, 0.6) is 0 Å². The van der Waals surface area contributed by atoms with E-state index in [1.807, 2.05) is 6.08 Å². The van der Waals surface area contributed by atoms with Crippen LogP contribution in [0.25, 0.3) is 5.65 Å². The van der Waals surface area contributed by atoms with Crippen LogP contribution in [0.4, 0.5) is 0 Å². The topological polar surface area (TPSA) is 63.5 Å². The number of allylic oxidation sites excluding steroid dienone is 1. The van der Waals surface area contributed by atoms with Crippen LogP contribution in [0.3, 0.4) is 0 Å². The average molecular weight is 312 g/mol. The number of imidazole rings is 1. The molecule has 0 spiro atoms. The summed E-state index contributed by atoms with van der Waals surface area (Å²) >= 11 is 6.00. The quantitative estimate of drug-likeness (QED) is 0.885. The molecule has 2 aromatic rings. The summed E-state index contributed by atoms with van der Waals surface area (Å²) in [5, 5.41) is -0.000582. The number of sulfonamides is 1. The lowest BCUT2D eigenvalue weighted by atomic mass is 10.0. The van der Waals surface area contributed by atoms with Gasteiger partial charge in [0, 0.05) is 12.2 Å². The van der Waals surface area contributed by atoms with E-state index in [-0.39, 0.29) is 16.2 Å². The fraction of sp³-hybridized carbons (Fsp3) is 0.308. The standard InChI is InChI=1S/C13H14ClN3O2S/c14-12-13(17-9-5-4-8-11(17)15-12)20(18,19)16-10-6-2-1-3-7-10/h1-2,4-5,8-10,16H,3,6-7H2. The van der Waals surface area contributed by atoms with Crippen LogP contribution < -0.4 is 4.72 Å². The highest BCUT2D eigenvalue weighted by atomic mass is 35.5. The van der Waals surface area contributed by atoms with Gasteiger partial charge in [0.1, 0.15) is 5.65 Å². The molecule has 0 aromatic carbocycles. The predicted molar refractivity (Wildman–Crippen MR) is 77.3 cm³/mol. The first kappa shape index (κ1) is 13.6. The fourth-order valence-electron chi connectivity index (χ4n) is 2.36. The molecule has 3 rings (SSSR count). The summed E-state index contributed by atoms with van der Waals surface area (Å²) in [6.45, 7) is 0. The highest BCUT2D eigenvalue weighted by molar-refractivity contribution is 7.89. The molecule has 5 nitrogen and oxygen atoms in total. The van der Waals surface area contributed by atoms with E-state index in [4.69, 9.17) is 11.6 Å². The highest BCUT2D eigenvalue weighted by Crippen LogP contribution is 2.23. The van der Waals surface area contributed by atoms with Crippen molar-refractivity contribution in [3.8, 4) is 0 Å². The number of halogens is 1. The monoisotopic (exact) mass is 311 g/mol. The number of rotatable bonds is 3. The molecule has 20 heavy (non-hydrogen) atoms. The molecule has 7 heteroatoms. The maximum Gasteiger partial charge on any atom is 0.260 e. The largest absolute Gasteiger partial charge is 0.288 e. The van der Waals surface area contributed by atoms with Crippen molar-refractivity contribution in [1.29, 1.82) is 0 Å². The zero-order valence-electron chi connectivity index (χ0n) is 10.7. The van der Waals surface area contributed by atoms with Gasteiger partial charge < -0.3 is 0 Å². The van der Waals surface area contributed by atoms with Gasteiger partial charge in [-0.25, -0.2) is 18.1 Å². The van der Waals surface area contributed by atoms with Gasteiger partial charge >= 0.3 is 0 Å². The second kappa shape index (κ2) is 5.20. The molecule has 0 radical (unpaired) electrons. The molecule has 0 amide bonds. The van der Waals surface area contributed by atoms with Gasteiger partial charge in [-0.2, -0.15) is 0 Å². The molecule has 0 saturated carbocycles. The van der Waals surface area contributed by atoms with Gasteiger partial charge in [0.15, 0.2) is 10.2 Å². The van der Waals surface area contributed by atoms with E-state index in [0.29, 0.717) is 12.1 Å². The second-order valence-corrected chi connectivity index (χ2v) is 6.73.